The van der Waals surface area contributed by atoms with E-state index in [2.05, 4.69) is 0 Å². The number of aliphatic hydroxyl groups excluding tert-OH is 1. The van der Waals surface area contributed by atoms with Crippen molar-refractivity contribution in [3.8, 4) is 0 Å². The van der Waals surface area contributed by atoms with Gasteiger partial charge in [0.1, 0.15) is 0 Å². The average molecular weight is 247 g/mol. The van der Waals surface area contributed by atoms with Crippen LogP contribution in [0, 0.1) is 13.8 Å². The standard InChI is InChI=1S/C14H17NO3/c1-9-6-10(2)13-11(14(17)18)8-15(4-3-5-16)12(13)7-9/h6-8,16H,3-5H2,1-2H3,(H,17,18). The number of nitrogens with zero attached hydrogens (tertiary/aromatic N) is 1. The van der Waals surface area contributed by atoms with Gasteiger partial charge in [-0.05, 0) is 37.5 Å². The highest BCUT2D eigenvalue weighted by molar-refractivity contribution is 6.05. The molecule has 0 amide bonds. The molecule has 1 aromatic carbocycles. The molecule has 4 nitrogen and oxygen atoms in total. The number of aromatic carboxylic acids is 1. The van der Waals surface area contributed by atoms with E-state index in [-0.39, 0.29) is 6.61 Å². The van der Waals surface area contributed by atoms with Gasteiger partial charge in [0.25, 0.3) is 0 Å². The molecular formula is C14H17NO3. The van der Waals surface area contributed by atoms with Crippen molar-refractivity contribution in [2.75, 3.05) is 6.61 Å². The molecule has 0 saturated heterocycles. The first-order chi connectivity index (χ1) is 8.54. The maximum atomic E-state index is 11.3. The highest BCUT2D eigenvalue weighted by atomic mass is 16.4. The number of hydrogen-bond donors (Lipinski definition) is 2. The molecule has 2 N–H and O–H groups in total. The van der Waals surface area contributed by atoms with Crippen molar-refractivity contribution in [2.45, 2.75) is 26.8 Å². The molecule has 1 heterocycles. The van der Waals surface area contributed by atoms with Gasteiger partial charge in [-0.25, -0.2) is 4.79 Å². The Labute approximate surface area is 105 Å². The summed E-state index contributed by atoms with van der Waals surface area (Å²) in [7, 11) is 0. The number of aromatic nitrogens is 1. The minimum atomic E-state index is -0.908. The van der Waals surface area contributed by atoms with Crippen molar-refractivity contribution in [1.29, 1.82) is 0 Å². The topological polar surface area (TPSA) is 62.5 Å². The van der Waals surface area contributed by atoms with Crippen molar-refractivity contribution in [2.24, 2.45) is 0 Å². The van der Waals surface area contributed by atoms with E-state index >= 15 is 0 Å². The number of rotatable bonds is 4. The zero-order valence-corrected chi connectivity index (χ0v) is 10.6. The van der Waals surface area contributed by atoms with E-state index in [1.54, 1.807) is 6.20 Å². The Morgan fingerprint density at radius 1 is 1.33 bits per heavy atom. The first-order valence-corrected chi connectivity index (χ1v) is 5.99. The van der Waals surface area contributed by atoms with Crippen LogP contribution < -0.4 is 0 Å². The SMILES string of the molecule is Cc1cc(C)c2c(C(=O)O)cn(CCCO)c2c1. The summed E-state index contributed by atoms with van der Waals surface area (Å²) in [5.41, 5.74) is 3.35. The highest BCUT2D eigenvalue weighted by Gasteiger charge is 2.16. The Balaban J connectivity index is 2.68. The Morgan fingerprint density at radius 2 is 2.06 bits per heavy atom. The molecule has 4 heteroatoms. The second kappa shape index (κ2) is 4.82. The summed E-state index contributed by atoms with van der Waals surface area (Å²) in [6.07, 6.45) is 2.28. The molecule has 18 heavy (non-hydrogen) atoms. The van der Waals surface area contributed by atoms with Gasteiger partial charge < -0.3 is 14.8 Å². The zero-order chi connectivity index (χ0) is 13.3. The van der Waals surface area contributed by atoms with E-state index in [1.165, 1.54) is 0 Å². The quantitative estimate of drug-likeness (QED) is 0.871. The molecule has 0 aliphatic heterocycles. The van der Waals surface area contributed by atoms with E-state index in [0.29, 0.717) is 18.5 Å². The van der Waals surface area contributed by atoms with Gasteiger partial charge in [-0.2, -0.15) is 0 Å². The lowest BCUT2D eigenvalue weighted by atomic mass is 10.0. The summed E-state index contributed by atoms with van der Waals surface area (Å²) >= 11 is 0. The Bertz CT molecular complexity index is 599. The summed E-state index contributed by atoms with van der Waals surface area (Å²) in [6, 6.07) is 3.98. The molecule has 0 spiro atoms. The number of aliphatic hydroxyl groups is 1. The van der Waals surface area contributed by atoms with Gasteiger partial charge in [-0.1, -0.05) is 6.07 Å². The van der Waals surface area contributed by atoms with Gasteiger partial charge in [0.05, 0.1) is 5.56 Å². The Kier molecular flexibility index (Phi) is 3.39. The molecule has 0 aliphatic rings. The van der Waals surface area contributed by atoms with Crippen LogP contribution in [0.4, 0.5) is 0 Å². The largest absolute Gasteiger partial charge is 0.478 e. The highest BCUT2D eigenvalue weighted by Crippen LogP contribution is 2.26. The predicted molar refractivity (Wildman–Crippen MR) is 70.1 cm³/mol. The van der Waals surface area contributed by atoms with Crippen molar-refractivity contribution in [3.63, 3.8) is 0 Å². The van der Waals surface area contributed by atoms with Crippen LogP contribution >= 0.6 is 0 Å². The lowest BCUT2D eigenvalue weighted by Crippen LogP contribution is -1.99. The van der Waals surface area contributed by atoms with Crippen LogP contribution in [0.3, 0.4) is 0 Å². The van der Waals surface area contributed by atoms with Crippen LogP contribution in [0.25, 0.3) is 10.9 Å². The Hall–Kier alpha value is -1.81. The van der Waals surface area contributed by atoms with Crippen LogP contribution in [-0.2, 0) is 6.54 Å². The third-order valence-corrected chi connectivity index (χ3v) is 3.11. The van der Waals surface area contributed by atoms with Gasteiger partial charge in [0.2, 0.25) is 0 Å². The minimum Gasteiger partial charge on any atom is -0.478 e. The summed E-state index contributed by atoms with van der Waals surface area (Å²) in [6.45, 7) is 4.66. The molecule has 0 aliphatic carbocycles. The first kappa shape index (κ1) is 12.6. The van der Waals surface area contributed by atoms with Gasteiger partial charge in [-0.15, -0.1) is 0 Å². The van der Waals surface area contributed by atoms with E-state index in [0.717, 1.165) is 22.0 Å². The van der Waals surface area contributed by atoms with Crippen molar-refractivity contribution >= 4 is 16.9 Å². The normalized spacial score (nSPS) is 11.1. The summed E-state index contributed by atoms with van der Waals surface area (Å²) < 4.78 is 1.91. The smallest absolute Gasteiger partial charge is 0.337 e. The molecule has 0 fully saturated rings. The summed E-state index contributed by atoms with van der Waals surface area (Å²) in [5.74, 6) is -0.908. The monoisotopic (exact) mass is 247 g/mol. The van der Waals surface area contributed by atoms with Crippen LogP contribution in [0.5, 0.6) is 0 Å². The van der Waals surface area contributed by atoms with Crippen LogP contribution in [0.15, 0.2) is 18.3 Å². The molecule has 96 valence electrons. The van der Waals surface area contributed by atoms with Crippen LogP contribution in [0.1, 0.15) is 27.9 Å². The zero-order valence-electron chi connectivity index (χ0n) is 10.6. The average Bonchev–Trinajstić information content (AvgIpc) is 2.65. The molecule has 0 radical (unpaired) electrons. The number of benzene rings is 1. The van der Waals surface area contributed by atoms with E-state index < -0.39 is 5.97 Å². The molecule has 0 saturated carbocycles. The number of fused-ring (bicyclic) bond motifs is 1. The van der Waals surface area contributed by atoms with Crippen molar-refractivity contribution in [1.82, 2.24) is 4.57 Å². The van der Waals surface area contributed by atoms with Crippen molar-refractivity contribution in [3.05, 3.63) is 35.0 Å². The summed E-state index contributed by atoms with van der Waals surface area (Å²) in [4.78, 5) is 11.3. The number of carboxylic acids is 1. The molecule has 0 atom stereocenters. The Morgan fingerprint density at radius 3 is 2.67 bits per heavy atom. The first-order valence-electron chi connectivity index (χ1n) is 5.99. The van der Waals surface area contributed by atoms with Gasteiger partial charge in [0.15, 0.2) is 0 Å². The second-order valence-corrected chi connectivity index (χ2v) is 4.59. The second-order valence-electron chi connectivity index (χ2n) is 4.59. The lowest BCUT2D eigenvalue weighted by Gasteiger charge is -2.06. The molecular weight excluding hydrogens is 230 g/mol. The number of aryl methyl sites for hydroxylation is 3. The maximum Gasteiger partial charge on any atom is 0.337 e. The van der Waals surface area contributed by atoms with Crippen molar-refractivity contribution < 1.29 is 15.0 Å². The van der Waals surface area contributed by atoms with Gasteiger partial charge in [-0.3, -0.25) is 0 Å². The fraction of sp³-hybridized carbons (Fsp3) is 0.357. The van der Waals surface area contributed by atoms with E-state index in [1.807, 2.05) is 30.5 Å². The molecule has 0 bridgehead atoms. The van der Waals surface area contributed by atoms with Gasteiger partial charge >= 0.3 is 5.97 Å². The number of carbonyl (C=O) groups is 1. The fourth-order valence-corrected chi connectivity index (χ4v) is 2.40. The maximum absolute atomic E-state index is 11.3. The van der Waals surface area contributed by atoms with E-state index in [4.69, 9.17) is 5.11 Å². The number of carboxylic acid groups (broad SMARTS) is 1. The molecule has 1 aromatic heterocycles. The molecule has 2 aromatic rings. The molecule has 0 unspecified atom stereocenters. The fourth-order valence-electron chi connectivity index (χ4n) is 2.40. The number of hydrogen-bond acceptors (Lipinski definition) is 2. The predicted octanol–water partition coefficient (Wildman–Crippen LogP) is 2.34. The third-order valence-electron chi connectivity index (χ3n) is 3.11. The van der Waals surface area contributed by atoms with E-state index in [9.17, 15) is 9.90 Å². The van der Waals surface area contributed by atoms with Gasteiger partial charge in [0, 0.05) is 30.3 Å². The lowest BCUT2D eigenvalue weighted by molar-refractivity contribution is 0.0698. The van der Waals surface area contributed by atoms with Crippen LogP contribution in [0.2, 0.25) is 0 Å². The van der Waals surface area contributed by atoms with Crippen LogP contribution in [-0.4, -0.2) is 27.4 Å². The summed E-state index contributed by atoms with van der Waals surface area (Å²) in [5, 5.41) is 18.9. The minimum absolute atomic E-state index is 0.104. The molecule has 2 rings (SSSR count). The third kappa shape index (κ3) is 2.11.